The van der Waals surface area contributed by atoms with Crippen molar-refractivity contribution >= 4 is 11.6 Å². The second kappa shape index (κ2) is 12.0. The molecule has 33 heavy (non-hydrogen) atoms. The molecule has 7 heteroatoms. The van der Waals surface area contributed by atoms with Gasteiger partial charge in [0.2, 0.25) is 5.91 Å². The Morgan fingerprint density at radius 2 is 1.61 bits per heavy atom. The van der Waals surface area contributed by atoms with Crippen LogP contribution >= 0.6 is 0 Å². The summed E-state index contributed by atoms with van der Waals surface area (Å²) in [5.74, 6) is 0.745. The summed E-state index contributed by atoms with van der Waals surface area (Å²) in [6, 6.07) is 13.1. The summed E-state index contributed by atoms with van der Waals surface area (Å²) < 4.78 is 22.4. The summed E-state index contributed by atoms with van der Waals surface area (Å²) in [6.07, 6.45) is 7.76. The third-order valence-electron chi connectivity index (χ3n) is 5.93. The van der Waals surface area contributed by atoms with E-state index in [1.807, 2.05) is 30.3 Å². The summed E-state index contributed by atoms with van der Waals surface area (Å²) in [5.41, 5.74) is 2.39. The van der Waals surface area contributed by atoms with Crippen LogP contribution in [0.1, 0.15) is 56.1 Å². The van der Waals surface area contributed by atoms with E-state index in [4.69, 9.17) is 18.9 Å². The number of carbonyl (C=O) groups is 1. The Morgan fingerprint density at radius 1 is 0.909 bits per heavy atom. The van der Waals surface area contributed by atoms with Crippen LogP contribution < -0.4 is 10.1 Å². The minimum absolute atomic E-state index is 0.00292. The van der Waals surface area contributed by atoms with E-state index in [1.165, 1.54) is 25.7 Å². The minimum atomic E-state index is -0.0485. The van der Waals surface area contributed by atoms with E-state index in [0.717, 1.165) is 37.2 Å². The van der Waals surface area contributed by atoms with Crippen molar-refractivity contribution in [1.82, 2.24) is 0 Å². The number of anilines is 1. The van der Waals surface area contributed by atoms with Crippen LogP contribution in [0.3, 0.4) is 0 Å². The van der Waals surface area contributed by atoms with Crippen molar-refractivity contribution in [1.29, 1.82) is 0 Å². The summed E-state index contributed by atoms with van der Waals surface area (Å²) in [5, 5.41) is 12.6. The smallest absolute Gasteiger partial charge is 0.224 e. The molecule has 2 saturated heterocycles. The van der Waals surface area contributed by atoms with Crippen LogP contribution in [-0.2, 0) is 32.0 Å². The van der Waals surface area contributed by atoms with Gasteiger partial charge in [-0.15, -0.1) is 0 Å². The number of phenolic OH excluding ortho intramolecular Hbond substituents is 1. The van der Waals surface area contributed by atoms with Crippen LogP contribution in [0.5, 0.6) is 11.5 Å². The molecule has 2 N–H and O–H groups in total. The molecule has 3 aliphatic heterocycles. The van der Waals surface area contributed by atoms with Crippen molar-refractivity contribution in [2.24, 2.45) is 0 Å². The van der Waals surface area contributed by atoms with Gasteiger partial charge in [-0.25, -0.2) is 0 Å². The maximum Gasteiger partial charge on any atom is 0.224 e. The number of benzene rings is 2. The molecule has 2 fully saturated rings. The minimum Gasteiger partial charge on any atom is -0.508 e. The topological polar surface area (TPSA) is 86.3 Å². The molecular weight excluding hydrogens is 422 g/mol. The van der Waals surface area contributed by atoms with Crippen molar-refractivity contribution in [2.45, 2.75) is 70.6 Å². The van der Waals surface area contributed by atoms with Gasteiger partial charge in [-0.2, -0.15) is 0 Å². The van der Waals surface area contributed by atoms with Crippen LogP contribution in [0, 0.1) is 0 Å². The molecule has 0 saturated carbocycles. The average molecular weight is 456 g/mol. The fourth-order valence-electron chi connectivity index (χ4n) is 4.11. The van der Waals surface area contributed by atoms with Gasteiger partial charge in [0.05, 0.1) is 5.69 Å². The van der Waals surface area contributed by atoms with Gasteiger partial charge in [0.1, 0.15) is 18.1 Å². The van der Waals surface area contributed by atoms with Crippen molar-refractivity contribution < 1.29 is 28.8 Å². The molecule has 0 aromatic heterocycles. The van der Waals surface area contributed by atoms with Gasteiger partial charge in [0.25, 0.3) is 0 Å². The largest absolute Gasteiger partial charge is 0.508 e. The highest BCUT2D eigenvalue weighted by atomic mass is 16.8. The lowest BCUT2D eigenvalue weighted by atomic mass is 10.0. The number of carbonyl (C=O) groups excluding carboxylic acids is 1. The lowest BCUT2D eigenvalue weighted by Crippen LogP contribution is -2.31. The number of hydrogen-bond acceptors (Lipinski definition) is 6. The standard InChI is InChI=1S/C16H15NO3.C10H18O3/c18-13-7-8-14(16-12(13)6-9-15(19)17-16)20-10-11-4-2-1-3-5-11;1-3-7-11-9(5-1)13-10-6-2-4-8-12-10/h1-5,7-8,18H,6,9-10H2,(H,17,19);9-10H,1-8H2. The molecule has 178 valence electrons. The van der Waals surface area contributed by atoms with E-state index >= 15 is 0 Å². The Kier molecular flexibility index (Phi) is 8.58. The van der Waals surface area contributed by atoms with Gasteiger partial charge in [-0.1, -0.05) is 30.3 Å². The quantitative estimate of drug-likeness (QED) is 0.666. The average Bonchev–Trinajstić information content (AvgIpc) is 2.86. The summed E-state index contributed by atoms with van der Waals surface area (Å²) in [6.45, 7) is 2.11. The van der Waals surface area contributed by atoms with Crippen LogP contribution in [0.2, 0.25) is 0 Å². The van der Waals surface area contributed by atoms with Gasteiger partial charge >= 0.3 is 0 Å². The molecular formula is C26H33NO6. The van der Waals surface area contributed by atoms with E-state index in [2.05, 4.69) is 5.32 Å². The molecule has 2 aromatic rings. The zero-order valence-corrected chi connectivity index (χ0v) is 19.0. The maximum atomic E-state index is 11.5. The lowest BCUT2D eigenvalue weighted by Gasteiger charge is -2.29. The van der Waals surface area contributed by atoms with Gasteiger partial charge in [-0.05, 0) is 62.6 Å². The lowest BCUT2D eigenvalue weighted by molar-refractivity contribution is -0.264. The normalized spacial score (nSPS) is 22.4. The zero-order valence-electron chi connectivity index (χ0n) is 19.0. The molecule has 3 aliphatic rings. The van der Waals surface area contributed by atoms with Crippen molar-refractivity contribution in [3.8, 4) is 11.5 Å². The molecule has 2 aromatic carbocycles. The zero-order chi connectivity index (χ0) is 22.9. The molecule has 0 radical (unpaired) electrons. The van der Waals surface area contributed by atoms with Gasteiger partial charge < -0.3 is 29.4 Å². The van der Waals surface area contributed by atoms with Crippen LogP contribution in [0.4, 0.5) is 5.69 Å². The number of fused-ring (bicyclic) bond motifs is 1. The number of nitrogens with one attached hydrogen (secondary N) is 1. The highest BCUT2D eigenvalue weighted by Crippen LogP contribution is 2.38. The predicted molar refractivity (Wildman–Crippen MR) is 124 cm³/mol. The summed E-state index contributed by atoms with van der Waals surface area (Å²) in [4.78, 5) is 11.5. The Hall–Kier alpha value is -2.61. The number of amides is 1. The van der Waals surface area contributed by atoms with Crippen LogP contribution in [0.25, 0.3) is 0 Å². The molecule has 7 nitrogen and oxygen atoms in total. The van der Waals surface area contributed by atoms with Crippen LogP contribution in [-0.4, -0.2) is 36.8 Å². The highest BCUT2D eigenvalue weighted by molar-refractivity contribution is 5.96. The Bertz CT molecular complexity index is 875. The SMILES string of the molecule is C1CCC(OC2CCCCO2)OC1.O=C1CCc2c(O)ccc(OCc3ccccc3)c2N1. The fourth-order valence-corrected chi connectivity index (χ4v) is 4.11. The second-order valence-corrected chi connectivity index (χ2v) is 8.49. The number of hydrogen-bond donors (Lipinski definition) is 2. The monoisotopic (exact) mass is 455 g/mol. The molecule has 5 rings (SSSR count). The Morgan fingerprint density at radius 3 is 2.24 bits per heavy atom. The third-order valence-corrected chi connectivity index (χ3v) is 5.93. The fraction of sp³-hybridized carbons (Fsp3) is 0.500. The molecule has 1 amide bonds. The first-order valence-corrected chi connectivity index (χ1v) is 11.9. The van der Waals surface area contributed by atoms with Gasteiger partial charge in [-0.3, -0.25) is 4.79 Å². The van der Waals surface area contributed by atoms with E-state index in [-0.39, 0.29) is 24.2 Å². The van der Waals surface area contributed by atoms with Crippen molar-refractivity contribution in [3.05, 3.63) is 53.6 Å². The first-order valence-electron chi connectivity index (χ1n) is 11.9. The van der Waals surface area contributed by atoms with Crippen molar-refractivity contribution in [3.63, 3.8) is 0 Å². The van der Waals surface area contributed by atoms with E-state index in [0.29, 0.717) is 30.9 Å². The Balaban J connectivity index is 0.000000172. The van der Waals surface area contributed by atoms with Crippen LogP contribution in [0.15, 0.2) is 42.5 Å². The second-order valence-electron chi connectivity index (χ2n) is 8.49. The summed E-state index contributed by atoms with van der Waals surface area (Å²) in [7, 11) is 0. The van der Waals surface area contributed by atoms with Gasteiger partial charge in [0, 0.05) is 25.2 Å². The molecule has 0 aliphatic carbocycles. The first kappa shape index (κ1) is 23.5. The highest BCUT2D eigenvalue weighted by Gasteiger charge is 2.22. The van der Waals surface area contributed by atoms with E-state index in [9.17, 15) is 9.90 Å². The maximum absolute atomic E-state index is 11.5. The molecule has 0 spiro atoms. The number of phenols is 1. The number of ether oxygens (including phenoxy) is 4. The summed E-state index contributed by atoms with van der Waals surface area (Å²) >= 11 is 0. The number of rotatable bonds is 5. The van der Waals surface area contributed by atoms with E-state index in [1.54, 1.807) is 12.1 Å². The predicted octanol–water partition coefficient (Wildman–Crippen LogP) is 4.91. The molecule has 2 atom stereocenters. The van der Waals surface area contributed by atoms with Crippen molar-refractivity contribution in [2.75, 3.05) is 18.5 Å². The van der Waals surface area contributed by atoms with E-state index < -0.39 is 0 Å². The third kappa shape index (κ3) is 6.93. The number of aromatic hydroxyl groups is 1. The van der Waals surface area contributed by atoms with Gasteiger partial charge in [0.15, 0.2) is 12.6 Å². The molecule has 2 unspecified atom stereocenters. The Labute approximate surface area is 195 Å². The first-order chi connectivity index (χ1) is 16.2. The molecule has 3 heterocycles. The molecule has 0 bridgehead atoms.